The van der Waals surface area contributed by atoms with Crippen molar-refractivity contribution in [2.75, 3.05) is 40.4 Å². The van der Waals surface area contributed by atoms with E-state index in [1.165, 1.54) is 39.9 Å². The number of ether oxygens (including phenoxy) is 2. The third kappa shape index (κ3) is 5.06. The van der Waals surface area contributed by atoms with Crippen molar-refractivity contribution < 1.29 is 19.4 Å². The van der Waals surface area contributed by atoms with Crippen molar-refractivity contribution in [3.05, 3.63) is 17.7 Å². The van der Waals surface area contributed by atoms with E-state index in [0.717, 1.165) is 50.6 Å². The van der Waals surface area contributed by atoms with Gasteiger partial charge in [0.2, 0.25) is 11.7 Å². The molecule has 1 heterocycles. The number of aromatic hydroxyl groups is 1. The van der Waals surface area contributed by atoms with Gasteiger partial charge in [-0.1, -0.05) is 25.7 Å². The monoisotopic (exact) mass is 376 g/mol. The highest BCUT2D eigenvalue weighted by molar-refractivity contribution is 5.76. The molecule has 6 heteroatoms. The Kier molecular flexibility index (Phi) is 6.83. The van der Waals surface area contributed by atoms with Gasteiger partial charge in [-0.15, -0.1) is 0 Å². The van der Waals surface area contributed by atoms with Crippen LogP contribution in [-0.4, -0.2) is 61.2 Å². The summed E-state index contributed by atoms with van der Waals surface area (Å²) in [5.74, 6) is 1.96. The maximum absolute atomic E-state index is 12.5. The summed E-state index contributed by atoms with van der Waals surface area (Å²) in [5.41, 5.74) is 1.03. The van der Waals surface area contributed by atoms with Gasteiger partial charge in [0.05, 0.1) is 14.2 Å². The largest absolute Gasteiger partial charge is 0.502 e. The Labute approximate surface area is 162 Å². The molecule has 0 atom stereocenters. The molecule has 1 aromatic carbocycles. The molecule has 0 spiro atoms. The van der Waals surface area contributed by atoms with Gasteiger partial charge in [-0.3, -0.25) is 9.69 Å². The second-order valence-electron chi connectivity index (χ2n) is 7.70. The lowest BCUT2D eigenvalue weighted by atomic mass is 10.0. The zero-order valence-electron chi connectivity index (χ0n) is 16.6. The van der Waals surface area contributed by atoms with Crippen LogP contribution in [0.4, 0.5) is 0 Å². The van der Waals surface area contributed by atoms with Crippen molar-refractivity contribution in [2.45, 2.75) is 45.1 Å². The molecule has 2 fully saturated rings. The number of benzene rings is 1. The number of nitrogens with zero attached hydrogens (tertiary/aromatic N) is 2. The van der Waals surface area contributed by atoms with Crippen LogP contribution >= 0.6 is 0 Å². The van der Waals surface area contributed by atoms with Crippen molar-refractivity contribution >= 4 is 5.91 Å². The molecule has 3 rings (SSSR count). The summed E-state index contributed by atoms with van der Waals surface area (Å²) >= 11 is 0. The summed E-state index contributed by atoms with van der Waals surface area (Å²) < 4.78 is 10.5. The molecule has 27 heavy (non-hydrogen) atoms. The van der Waals surface area contributed by atoms with Crippen LogP contribution in [0.2, 0.25) is 0 Å². The molecule has 0 radical (unpaired) electrons. The number of piperazine rings is 1. The number of phenols is 1. The van der Waals surface area contributed by atoms with Crippen LogP contribution in [0.25, 0.3) is 0 Å². The molecule has 1 aliphatic heterocycles. The number of methoxy groups -OCH3 is 2. The first-order valence-electron chi connectivity index (χ1n) is 10.0. The SMILES string of the molecule is COc1cc(CN2CCN(C(=O)CCC3CCCC3)CC2)cc(OC)c1O. The maximum Gasteiger partial charge on any atom is 0.222 e. The van der Waals surface area contributed by atoms with Gasteiger partial charge in [0.1, 0.15) is 0 Å². The van der Waals surface area contributed by atoms with Gasteiger partial charge in [0.15, 0.2) is 11.5 Å². The van der Waals surface area contributed by atoms with Crippen LogP contribution < -0.4 is 9.47 Å². The first-order valence-corrected chi connectivity index (χ1v) is 10.0. The molecule has 6 nitrogen and oxygen atoms in total. The normalized spacial score (nSPS) is 18.7. The van der Waals surface area contributed by atoms with Crippen molar-refractivity contribution in [1.29, 1.82) is 0 Å². The molecule has 0 unspecified atom stereocenters. The zero-order valence-corrected chi connectivity index (χ0v) is 16.6. The molecular weight excluding hydrogens is 344 g/mol. The minimum Gasteiger partial charge on any atom is -0.502 e. The van der Waals surface area contributed by atoms with Crippen molar-refractivity contribution in [3.8, 4) is 17.2 Å². The van der Waals surface area contributed by atoms with E-state index in [1.807, 2.05) is 17.0 Å². The second-order valence-corrected chi connectivity index (χ2v) is 7.70. The third-order valence-corrected chi connectivity index (χ3v) is 5.91. The van der Waals surface area contributed by atoms with E-state index in [1.54, 1.807) is 0 Å². The number of amides is 1. The fourth-order valence-corrected chi connectivity index (χ4v) is 4.24. The molecule has 1 aromatic rings. The standard InChI is InChI=1S/C21H32N2O4/c1-26-18-13-17(14-19(27-2)21(18)25)15-22-9-11-23(12-10-22)20(24)8-7-16-5-3-4-6-16/h13-14,16,25H,3-12,15H2,1-2H3. The Balaban J connectivity index is 1.48. The summed E-state index contributed by atoms with van der Waals surface area (Å²) in [4.78, 5) is 16.8. The molecule has 1 amide bonds. The van der Waals surface area contributed by atoms with Crippen molar-refractivity contribution in [3.63, 3.8) is 0 Å². The second kappa shape index (κ2) is 9.31. The third-order valence-electron chi connectivity index (χ3n) is 5.91. The minimum atomic E-state index is 0.0291. The zero-order chi connectivity index (χ0) is 19.2. The van der Waals surface area contributed by atoms with Crippen LogP contribution in [0.15, 0.2) is 12.1 Å². The first kappa shape index (κ1) is 19.8. The van der Waals surface area contributed by atoms with E-state index in [2.05, 4.69) is 4.90 Å². The van der Waals surface area contributed by atoms with Crippen molar-refractivity contribution in [1.82, 2.24) is 9.80 Å². The van der Waals surface area contributed by atoms with Gasteiger partial charge in [0.25, 0.3) is 0 Å². The van der Waals surface area contributed by atoms with Crippen LogP contribution in [0.3, 0.4) is 0 Å². The molecule has 150 valence electrons. The van der Waals surface area contributed by atoms with E-state index in [9.17, 15) is 9.90 Å². The molecule has 2 aliphatic rings. The fraction of sp³-hybridized carbons (Fsp3) is 0.667. The summed E-state index contributed by atoms with van der Waals surface area (Å²) in [7, 11) is 3.07. The Morgan fingerprint density at radius 2 is 1.67 bits per heavy atom. The van der Waals surface area contributed by atoms with Crippen LogP contribution in [0, 0.1) is 5.92 Å². The predicted molar refractivity (Wildman–Crippen MR) is 104 cm³/mol. The fourth-order valence-electron chi connectivity index (χ4n) is 4.24. The highest BCUT2D eigenvalue weighted by Gasteiger charge is 2.23. The van der Waals surface area contributed by atoms with E-state index in [4.69, 9.17) is 9.47 Å². The average Bonchev–Trinajstić information content (AvgIpc) is 3.21. The summed E-state index contributed by atoms with van der Waals surface area (Å²) in [6.07, 6.45) is 7.05. The molecule has 1 saturated heterocycles. The Hall–Kier alpha value is -1.95. The van der Waals surface area contributed by atoms with E-state index in [-0.39, 0.29) is 5.75 Å². The highest BCUT2D eigenvalue weighted by atomic mass is 16.5. The number of carbonyl (C=O) groups is 1. The lowest BCUT2D eigenvalue weighted by Gasteiger charge is -2.35. The predicted octanol–water partition coefficient (Wildman–Crippen LogP) is 3.02. The lowest BCUT2D eigenvalue weighted by molar-refractivity contribution is -0.133. The van der Waals surface area contributed by atoms with Crippen LogP contribution in [-0.2, 0) is 11.3 Å². The van der Waals surface area contributed by atoms with Crippen LogP contribution in [0.1, 0.15) is 44.1 Å². The van der Waals surface area contributed by atoms with Gasteiger partial charge in [-0.2, -0.15) is 0 Å². The van der Waals surface area contributed by atoms with E-state index in [0.29, 0.717) is 23.8 Å². The van der Waals surface area contributed by atoms with Crippen LogP contribution in [0.5, 0.6) is 17.2 Å². The smallest absolute Gasteiger partial charge is 0.222 e. The van der Waals surface area contributed by atoms with Crippen molar-refractivity contribution in [2.24, 2.45) is 5.92 Å². The van der Waals surface area contributed by atoms with Gasteiger partial charge < -0.3 is 19.5 Å². The lowest BCUT2D eigenvalue weighted by Crippen LogP contribution is -2.48. The molecular formula is C21H32N2O4. The Bertz CT molecular complexity index is 610. The van der Waals surface area contributed by atoms with Gasteiger partial charge in [-0.25, -0.2) is 0 Å². The molecule has 0 aromatic heterocycles. The molecule has 1 N–H and O–H groups in total. The van der Waals surface area contributed by atoms with Gasteiger partial charge in [0, 0.05) is 39.1 Å². The molecule has 0 bridgehead atoms. The minimum absolute atomic E-state index is 0.0291. The summed E-state index contributed by atoms with van der Waals surface area (Å²) in [6, 6.07) is 3.69. The van der Waals surface area contributed by atoms with Gasteiger partial charge in [-0.05, 0) is 30.0 Å². The molecule has 1 aliphatic carbocycles. The maximum atomic E-state index is 12.5. The number of hydrogen-bond acceptors (Lipinski definition) is 5. The quantitative estimate of drug-likeness (QED) is 0.793. The number of hydrogen-bond donors (Lipinski definition) is 1. The Morgan fingerprint density at radius 3 is 2.22 bits per heavy atom. The first-order chi connectivity index (χ1) is 13.1. The Morgan fingerprint density at radius 1 is 1.07 bits per heavy atom. The summed E-state index contributed by atoms with van der Waals surface area (Å²) in [6.45, 7) is 4.05. The highest BCUT2D eigenvalue weighted by Crippen LogP contribution is 2.37. The van der Waals surface area contributed by atoms with Gasteiger partial charge >= 0.3 is 0 Å². The van der Waals surface area contributed by atoms with E-state index < -0.39 is 0 Å². The number of phenolic OH excluding ortho intramolecular Hbond substituents is 1. The topological polar surface area (TPSA) is 62.2 Å². The van der Waals surface area contributed by atoms with E-state index >= 15 is 0 Å². The molecule has 1 saturated carbocycles. The summed E-state index contributed by atoms with van der Waals surface area (Å²) in [5, 5.41) is 10.0. The number of rotatable bonds is 7. The number of carbonyl (C=O) groups excluding carboxylic acids is 1. The average molecular weight is 376 g/mol.